The van der Waals surface area contributed by atoms with Crippen molar-refractivity contribution in [3.05, 3.63) is 47.6 Å². The molecular weight excluding hydrogens is 256 g/mol. The number of hydrogen-bond donors (Lipinski definition) is 0. The highest BCUT2D eigenvalue weighted by Crippen LogP contribution is 2.28. The van der Waals surface area contributed by atoms with Crippen LogP contribution in [0.2, 0.25) is 0 Å². The Labute approximate surface area is 116 Å². The molecule has 0 amide bonds. The summed E-state index contributed by atoms with van der Waals surface area (Å²) in [7, 11) is 0. The maximum absolute atomic E-state index is 12.3. The minimum Gasteiger partial charge on any atom is -0.370 e. The lowest BCUT2D eigenvalue weighted by Crippen LogP contribution is -2.10. The average Bonchev–Trinajstić information content (AvgIpc) is 3.17. The number of ether oxygens (including phenoxy) is 1. The van der Waals surface area contributed by atoms with Gasteiger partial charge in [0.15, 0.2) is 5.78 Å². The van der Waals surface area contributed by atoms with Gasteiger partial charge in [0, 0.05) is 12.2 Å². The Kier molecular flexibility index (Phi) is 3.60. The monoisotopic (exact) mass is 272 g/mol. The van der Waals surface area contributed by atoms with E-state index in [9.17, 15) is 4.79 Å². The summed E-state index contributed by atoms with van der Waals surface area (Å²) in [5, 5.41) is 3.93. The molecule has 0 aliphatic carbocycles. The number of nitrogens with zero attached hydrogens (tertiary/aromatic N) is 2. The molecule has 0 radical (unpaired) electrons. The smallest absolute Gasteiger partial charge is 0.237 e. The summed E-state index contributed by atoms with van der Waals surface area (Å²) in [5.74, 6) is 0.433. The van der Waals surface area contributed by atoms with Crippen molar-refractivity contribution in [1.82, 2.24) is 10.1 Å². The first-order chi connectivity index (χ1) is 9.75. The van der Waals surface area contributed by atoms with Gasteiger partial charge in [0.05, 0.1) is 5.92 Å². The number of ketones is 1. The molecule has 0 bridgehead atoms. The number of carbonyl (C=O) groups excluding carboxylic acids is 1. The maximum atomic E-state index is 12.3. The van der Waals surface area contributed by atoms with Gasteiger partial charge in [-0.1, -0.05) is 35.5 Å². The van der Waals surface area contributed by atoms with Gasteiger partial charge in [0.2, 0.25) is 11.7 Å². The fourth-order valence-corrected chi connectivity index (χ4v) is 2.30. The van der Waals surface area contributed by atoms with Crippen LogP contribution in [0.3, 0.4) is 0 Å². The SMILES string of the molecule is CC(C(=O)c1ccccc1)c1nc(C2CCCO2)no1. The summed E-state index contributed by atoms with van der Waals surface area (Å²) in [6.07, 6.45) is 1.82. The van der Waals surface area contributed by atoms with Crippen LogP contribution in [0.15, 0.2) is 34.9 Å². The Bertz CT molecular complexity index is 588. The molecule has 5 heteroatoms. The predicted octanol–water partition coefficient (Wildman–Crippen LogP) is 2.91. The fraction of sp³-hybridized carbons (Fsp3) is 0.400. The Morgan fingerprint density at radius 3 is 2.85 bits per heavy atom. The summed E-state index contributed by atoms with van der Waals surface area (Å²) in [5.41, 5.74) is 0.650. The molecule has 2 aromatic rings. The average molecular weight is 272 g/mol. The lowest BCUT2D eigenvalue weighted by Gasteiger charge is -2.05. The minimum absolute atomic E-state index is 0.0202. The highest BCUT2D eigenvalue weighted by molar-refractivity contribution is 6.00. The van der Waals surface area contributed by atoms with Crippen LogP contribution < -0.4 is 0 Å². The van der Waals surface area contributed by atoms with E-state index in [1.54, 1.807) is 19.1 Å². The second kappa shape index (κ2) is 5.54. The Hall–Kier alpha value is -2.01. The van der Waals surface area contributed by atoms with Crippen LogP contribution in [0.4, 0.5) is 0 Å². The molecule has 2 unspecified atom stereocenters. The van der Waals surface area contributed by atoms with E-state index in [1.165, 1.54) is 0 Å². The van der Waals surface area contributed by atoms with Gasteiger partial charge < -0.3 is 9.26 Å². The minimum atomic E-state index is -0.444. The second-order valence-corrected chi connectivity index (χ2v) is 4.94. The zero-order valence-corrected chi connectivity index (χ0v) is 11.3. The summed E-state index contributed by atoms with van der Waals surface area (Å²) in [6.45, 7) is 2.51. The van der Waals surface area contributed by atoms with Crippen molar-refractivity contribution >= 4 is 5.78 Å². The molecule has 1 aliphatic rings. The van der Waals surface area contributed by atoms with Crippen LogP contribution in [-0.4, -0.2) is 22.5 Å². The fourth-order valence-electron chi connectivity index (χ4n) is 2.30. The van der Waals surface area contributed by atoms with Crippen molar-refractivity contribution in [3.8, 4) is 0 Å². The molecule has 2 heterocycles. The number of carbonyl (C=O) groups is 1. The zero-order valence-electron chi connectivity index (χ0n) is 11.3. The van der Waals surface area contributed by atoms with Crippen molar-refractivity contribution < 1.29 is 14.1 Å². The molecule has 1 aliphatic heterocycles. The second-order valence-electron chi connectivity index (χ2n) is 4.94. The molecule has 3 rings (SSSR count). The summed E-state index contributed by atoms with van der Waals surface area (Å²) in [4.78, 5) is 16.6. The van der Waals surface area contributed by atoms with Crippen molar-refractivity contribution in [2.45, 2.75) is 31.8 Å². The summed E-state index contributed by atoms with van der Waals surface area (Å²) >= 11 is 0. The van der Waals surface area contributed by atoms with Crippen LogP contribution in [0.1, 0.15) is 53.9 Å². The van der Waals surface area contributed by atoms with Crippen LogP contribution in [0.5, 0.6) is 0 Å². The van der Waals surface area contributed by atoms with Gasteiger partial charge in [-0.05, 0) is 19.8 Å². The van der Waals surface area contributed by atoms with Crippen molar-refractivity contribution in [3.63, 3.8) is 0 Å². The van der Waals surface area contributed by atoms with Gasteiger partial charge in [0.25, 0.3) is 0 Å². The van der Waals surface area contributed by atoms with E-state index in [0.29, 0.717) is 17.3 Å². The van der Waals surface area contributed by atoms with Gasteiger partial charge >= 0.3 is 0 Å². The van der Waals surface area contributed by atoms with Gasteiger partial charge in [0.1, 0.15) is 6.10 Å². The molecule has 5 nitrogen and oxygen atoms in total. The molecule has 1 aromatic carbocycles. The highest BCUT2D eigenvalue weighted by Gasteiger charge is 2.27. The molecule has 0 spiro atoms. The Morgan fingerprint density at radius 2 is 2.15 bits per heavy atom. The molecule has 1 saturated heterocycles. The number of hydrogen-bond acceptors (Lipinski definition) is 5. The number of aromatic nitrogens is 2. The van der Waals surface area contributed by atoms with E-state index in [-0.39, 0.29) is 11.9 Å². The van der Waals surface area contributed by atoms with E-state index >= 15 is 0 Å². The zero-order chi connectivity index (χ0) is 13.9. The molecule has 0 N–H and O–H groups in total. The van der Waals surface area contributed by atoms with Gasteiger partial charge in [-0.15, -0.1) is 0 Å². The largest absolute Gasteiger partial charge is 0.370 e. The first kappa shape index (κ1) is 13.0. The van der Waals surface area contributed by atoms with Crippen LogP contribution in [0, 0.1) is 0 Å². The van der Waals surface area contributed by atoms with Gasteiger partial charge in [-0.3, -0.25) is 4.79 Å². The third-order valence-corrected chi connectivity index (χ3v) is 3.50. The molecule has 20 heavy (non-hydrogen) atoms. The molecule has 104 valence electrons. The standard InChI is InChI=1S/C15H16N2O3/c1-10(13(18)11-6-3-2-4-7-11)15-16-14(17-20-15)12-8-5-9-19-12/h2-4,6-7,10,12H,5,8-9H2,1H3. The van der Waals surface area contributed by atoms with Gasteiger partial charge in [-0.2, -0.15) is 4.98 Å². The Balaban J connectivity index is 1.77. The molecule has 0 saturated carbocycles. The first-order valence-corrected chi connectivity index (χ1v) is 6.80. The number of benzene rings is 1. The lowest BCUT2D eigenvalue weighted by molar-refractivity contribution is 0.0951. The lowest BCUT2D eigenvalue weighted by atomic mass is 9.99. The maximum Gasteiger partial charge on any atom is 0.237 e. The van der Waals surface area contributed by atoms with Crippen molar-refractivity contribution in [2.75, 3.05) is 6.61 Å². The molecule has 1 fully saturated rings. The van der Waals surface area contributed by atoms with E-state index in [0.717, 1.165) is 19.4 Å². The molecular formula is C15H16N2O3. The third kappa shape index (κ3) is 2.49. The normalized spacial score (nSPS) is 19.9. The van der Waals surface area contributed by atoms with E-state index < -0.39 is 5.92 Å². The van der Waals surface area contributed by atoms with Crippen molar-refractivity contribution in [2.24, 2.45) is 0 Å². The number of Topliss-reactive ketones (excluding diaryl/α,β-unsaturated/α-hetero) is 1. The molecule has 2 atom stereocenters. The summed E-state index contributed by atoms with van der Waals surface area (Å²) < 4.78 is 10.7. The van der Waals surface area contributed by atoms with Crippen molar-refractivity contribution in [1.29, 1.82) is 0 Å². The van der Waals surface area contributed by atoms with Crippen LogP contribution in [0.25, 0.3) is 0 Å². The first-order valence-electron chi connectivity index (χ1n) is 6.80. The highest BCUT2D eigenvalue weighted by atomic mass is 16.5. The Morgan fingerprint density at radius 1 is 1.35 bits per heavy atom. The van der Waals surface area contributed by atoms with E-state index in [4.69, 9.17) is 9.26 Å². The summed E-state index contributed by atoms with van der Waals surface area (Å²) in [6, 6.07) is 9.13. The molecule has 1 aromatic heterocycles. The topological polar surface area (TPSA) is 65.2 Å². The number of rotatable bonds is 4. The van der Waals surface area contributed by atoms with Gasteiger partial charge in [-0.25, -0.2) is 0 Å². The quantitative estimate of drug-likeness (QED) is 0.801. The van der Waals surface area contributed by atoms with E-state index in [1.807, 2.05) is 18.2 Å². The third-order valence-electron chi connectivity index (χ3n) is 3.50. The predicted molar refractivity (Wildman–Crippen MR) is 71.4 cm³/mol. The van der Waals surface area contributed by atoms with E-state index in [2.05, 4.69) is 10.1 Å². The van der Waals surface area contributed by atoms with Crippen LogP contribution >= 0.6 is 0 Å². The van der Waals surface area contributed by atoms with Crippen LogP contribution in [-0.2, 0) is 4.74 Å².